The standard InChI is InChI=1S/C10H14N4O2S/c1-6-8(9(16)11-4-3-5-15)17-10-13-12-7(2)14(6)10/h15H,3-5H2,1-2H3,(H,11,16). The zero-order valence-corrected chi connectivity index (χ0v) is 10.5. The van der Waals surface area contributed by atoms with E-state index < -0.39 is 0 Å². The molecule has 7 heteroatoms. The lowest BCUT2D eigenvalue weighted by molar-refractivity contribution is 0.0954. The summed E-state index contributed by atoms with van der Waals surface area (Å²) in [4.78, 5) is 13.3. The molecule has 0 aliphatic heterocycles. The van der Waals surface area contributed by atoms with Crippen molar-refractivity contribution in [2.75, 3.05) is 13.2 Å². The van der Waals surface area contributed by atoms with Crippen molar-refractivity contribution in [2.24, 2.45) is 0 Å². The van der Waals surface area contributed by atoms with Crippen molar-refractivity contribution in [1.82, 2.24) is 19.9 Å². The molecular formula is C10H14N4O2S. The molecule has 0 saturated carbocycles. The largest absolute Gasteiger partial charge is 0.396 e. The van der Waals surface area contributed by atoms with Crippen LogP contribution in [-0.2, 0) is 0 Å². The maximum absolute atomic E-state index is 11.9. The molecule has 2 rings (SSSR count). The molecule has 0 unspecified atom stereocenters. The number of thiazole rings is 1. The monoisotopic (exact) mass is 254 g/mol. The van der Waals surface area contributed by atoms with Gasteiger partial charge in [0.2, 0.25) is 4.96 Å². The highest BCUT2D eigenvalue weighted by Gasteiger charge is 2.17. The van der Waals surface area contributed by atoms with Crippen LogP contribution in [0.15, 0.2) is 0 Å². The van der Waals surface area contributed by atoms with E-state index in [1.54, 1.807) is 0 Å². The second-order valence-electron chi connectivity index (χ2n) is 3.71. The summed E-state index contributed by atoms with van der Waals surface area (Å²) in [7, 11) is 0. The summed E-state index contributed by atoms with van der Waals surface area (Å²) >= 11 is 1.33. The van der Waals surface area contributed by atoms with E-state index in [4.69, 9.17) is 5.11 Å². The molecule has 0 saturated heterocycles. The molecule has 0 radical (unpaired) electrons. The number of hydrogen-bond donors (Lipinski definition) is 2. The van der Waals surface area contributed by atoms with Crippen LogP contribution in [0.4, 0.5) is 0 Å². The molecule has 0 fully saturated rings. The first kappa shape index (κ1) is 12.0. The molecule has 0 bridgehead atoms. The number of nitrogens with zero attached hydrogens (tertiary/aromatic N) is 3. The van der Waals surface area contributed by atoms with Gasteiger partial charge in [-0.15, -0.1) is 10.2 Å². The molecule has 92 valence electrons. The van der Waals surface area contributed by atoms with Crippen LogP contribution in [0, 0.1) is 13.8 Å². The molecule has 0 aliphatic rings. The van der Waals surface area contributed by atoms with Crippen LogP contribution in [0.2, 0.25) is 0 Å². The van der Waals surface area contributed by atoms with Crippen LogP contribution >= 0.6 is 11.3 Å². The van der Waals surface area contributed by atoms with E-state index in [1.807, 2.05) is 18.2 Å². The van der Waals surface area contributed by atoms with E-state index >= 15 is 0 Å². The first-order valence-corrected chi connectivity index (χ1v) is 6.17. The molecule has 0 atom stereocenters. The van der Waals surface area contributed by atoms with Gasteiger partial charge in [-0.3, -0.25) is 9.20 Å². The number of aliphatic hydroxyl groups is 1. The zero-order chi connectivity index (χ0) is 12.4. The Labute approximate surface area is 102 Å². The molecule has 2 aromatic rings. The SMILES string of the molecule is Cc1nnc2sc(C(=O)NCCCO)c(C)n12. The van der Waals surface area contributed by atoms with Crippen molar-refractivity contribution in [2.45, 2.75) is 20.3 Å². The Morgan fingerprint density at radius 1 is 1.47 bits per heavy atom. The van der Waals surface area contributed by atoms with Crippen LogP contribution in [-0.4, -0.2) is 38.8 Å². The van der Waals surface area contributed by atoms with Crippen LogP contribution in [0.1, 0.15) is 27.6 Å². The lowest BCUT2D eigenvalue weighted by Crippen LogP contribution is -2.25. The van der Waals surface area contributed by atoms with Crippen molar-refractivity contribution in [1.29, 1.82) is 0 Å². The predicted molar refractivity (Wildman–Crippen MR) is 64.4 cm³/mol. The Morgan fingerprint density at radius 2 is 2.24 bits per heavy atom. The summed E-state index contributed by atoms with van der Waals surface area (Å²) in [5, 5.41) is 19.4. The summed E-state index contributed by atoms with van der Waals surface area (Å²) in [6.07, 6.45) is 0.563. The molecule has 2 aromatic heterocycles. The fourth-order valence-corrected chi connectivity index (χ4v) is 2.66. The van der Waals surface area contributed by atoms with E-state index in [0.29, 0.717) is 17.8 Å². The Kier molecular flexibility index (Phi) is 3.39. The Balaban J connectivity index is 2.23. The van der Waals surface area contributed by atoms with Gasteiger partial charge in [-0.2, -0.15) is 0 Å². The molecule has 17 heavy (non-hydrogen) atoms. The number of carbonyl (C=O) groups excluding carboxylic acids is 1. The number of aryl methyl sites for hydroxylation is 2. The zero-order valence-electron chi connectivity index (χ0n) is 9.73. The highest BCUT2D eigenvalue weighted by Crippen LogP contribution is 2.22. The van der Waals surface area contributed by atoms with Gasteiger partial charge in [0.25, 0.3) is 5.91 Å². The lowest BCUT2D eigenvalue weighted by atomic mass is 10.3. The number of aromatic nitrogens is 3. The normalized spacial score (nSPS) is 11.0. The molecule has 0 aliphatic carbocycles. The highest BCUT2D eigenvalue weighted by atomic mass is 32.1. The van der Waals surface area contributed by atoms with Gasteiger partial charge in [-0.25, -0.2) is 0 Å². The number of fused-ring (bicyclic) bond motifs is 1. The number of nitrogens with one attached hydrogen (secondary N) is 1. The quantitative estimate of drug-likeness (QED) is 0.780. The number of hydrogen-bond acceptors (Lipinski definition) is 5. The van der Waals surface area contributed by atoms with Crippen molar-refractivity contribution in [3.8, 4) is 0 Å². The molecule has 6 nitrogen and oxygen atoms in total. The Bertz CT molecular complexity index is 546. The van der Waals surface area contributed by atoms with Crippen LogP contribution in [0.5, 0.6) is 0 Å². The maximum atomic E-state index is 11.9. The van der Waals surface area contributed by atoms with Crippen molar-refractivity contribution in [3.05, 3.63) is 16.4 Å². The number of rotatable bonds is 4. The maximum Gasteiger partial charge on any atom is 0.263 e. The summed E-state index contributed by atoms with van der Waals surface area (Å²) in [6.45, 7) is 4.29. The minimum Gasteiger partial charge on any atom is -0.396 e. The van der Waals surface area contributed by atoms with Crippen LogP contribution in [0.25, 0.3) is 4.96 Å². The van der Waals surface area contributed by atoms with Gasteiger partial charge in [0.05, 0.1) is 0 Å². The van der Waals surface area contributed by atoms with Gasteiger partial charge < -0.3 is 10.4 Å². The molecule has 2 N–H and O–H groups in total. The van der Waals surface area contributed by atoms with E-state index in [9.17, 15) is 4.79 Å². The van der Waals surface area contributed by atoms with E-state index in [0.717, 1.165) is 16.5 Å². The third kappa shape index (κ3) is 2.16. The molecule has 0 spiro atoms. The first-order chi connectivity index (χ1) is 8.15. The van der Waals surface area contributed by atoms with Crippen LogP contribution in [0.3, 0.4) is 0 Å². The minimum atomic E-state index is -0.120. The van der Waals surface area contributed by atoms with Gasteiger partial charge in [-0.1, -0.05) is 11.3 Å². The van der Waals surface area contributed by atoms with Gasteiger partial charge >= 0.3 is 0 Å². The summed E-state index contributed by atoms with van der Waals surface area (Å²) < 4.78 is 1.87. The number of aliphatic hydroxyl groups excluding tert-OH is 1. The van der Waals surface area contributed by atoms with Gasteiger partial charge in [-0.05, 0) is 20.3 Å². The van der Waals surface area contributed by atoms with Gasteiger partial charge in [0.15, 0.2) is 0 Å². The number of amides is 1. The molecule has 1 amide bonds. The predicted octanol–water partition coefficient (Wildman–Crippen LogP) is 0.520. The fourth-order valence-electron chi connectivity index (χ4n) is 1.63. The Hall–Kier alpha value is -1.47. The molecular weight excluding hydrogens is 240 g/mol. The molecule has 0 aromatic carbocycles. The Morgan fingerprint density at radius 3 is 2.88 bits per heavy atom. The first-order valence-electron chi connectivity index (χ1n) is 5.35. The van der Waals surface area contributed by atoms with Gasteiger partial charge in [0.1, 0.15) is 10.7 Å². The van der Waals surface area contributed by atoms with E-state index in [2.05, 4.69) is 15.5 Å². The van der Waals surface area contributed by atoms with Crippen molar-refractivity contribution >= 4 is 22.2 Å². The summed E-state index contributed by atoms with van der Waals surface area (Å²) in [6, 6.07) is 0. The topological polar surface area (TPSA) is 79.5 Å². The van der Waals surface area contributed by atoms with Crippen LogP contribution < -0.4 is 5.32 Å². The number of carbonyl (C=O) groups is 1. The molecule has 2 heterocycles. The van der Waals surface area contributed by atoms with Crippen molar-refractivity contribution < 1.29 is 9.90 Å². The van der Waals surface area contributed by atoms with Gasteiger partial charge in [0, 0.05) is 18.8 Å². The average molecular weight is 254 g/mol. The van der Waals surface area contributed by atoms with E-state index in [1.165, 1.54) is 11.3 Å². The lowest BCUT2D eigenvalue weighted by Gasteiger charge is -2.02. The minimum absolute atomic E-state index is 0.0794. The highest BCUT2D eigenvalue weighted by molar-refractivity contribution is 7.19. The third-order valence-electron chi connectivity index (χ3n) is 2.48. The van der Waals surface area contributed by atoms with E-state index in [-0.39, 0.29) is 12.5 Å². The van der Waals surface area contributed by atoms with Crippen molar-refractivity contribution in [3.63, 3.8) is 0 Å². The summed E-state index contributed by atoms with van der Waals surface area (Å²) in [5.74, 6) is 0.661. The average Bonchev–Trinajstić information content (AvgIpc) is 2.81. The second-order valence-corrected chi connectivity index (χ2v) is 4.69. The second kappa shape index (κ2) is 4.80. The third-order valence-corrected chi connectivity index (χ3v) is 3.61. The fraction of sp³-hybridized carbons (Fsp3) is 0.500. The smallest absolute Gasteiger partial charge is 0.263 e. The summed E-state index contributed by atoms with van der Waals surface area (Å²) in [5.41, 5.74) is 0.856.